The van der Waals surface area contributed by atoms with E-state index in [-0.39, 0.29) is 5.71 Å². The van der Waals surface area contributed by atoms with Crippen molar-refractivity contribution in [3.8, 4) is 0 Å². The van der Waals surface area contributed by atoms with Gasteiger partial charge in [0.1, 0.15) is 0 Å². The molecule has 0 saturated heterocycles. The van der Waals surface area contributed by atoms with Crippen molar-refractivity contribution in [2.75, 3.05) is 13.1 Å². The minimum atomic E-state index is 0. The fourth-order valence-corrected chi connectivity index (χ4v) is 3.81. The van der Waals surface area contributed by atoms with E-state index in [2.05, 4.69) is 35.1 Å². The summed E-state index contributed by atoms with van der Waals surface area (Å²) in [5.74, 6) is 0. The molecule has 25 heavy (non-hydrogen) atoms. The summed E-state index contributed by atoms with van der Waals surface area (Å²) >= 11 is 10.7. The van der Waals surface area contributed by atoms with E-state index in [1.807, 2.05) is 0 Å². The number of hydrogen-bond donors (Lipinski definition) is 4. The first kappa shape index (κ1) is 22.4. The van der Waals surface area contributed by atoms with Gasteiger partial charge in [-0.05, 0) is 69.4 Å². The average Bonchev–Trinajstić information content (AvgIpc) is 2.61. The van der Waals surface area contributed by atoms with E-state index in [0.29, 0.717) is 12.1 Å². The predicted octanol–water partition coefficient (Wildman–Crippen LogP) is 4.98. The maximum absolute atomic E-state index is 5.38. The van der Waals surface area contributed by atoms with Gasteiger partial charge in [-0.2, -0.15) is 0 Å². The standard InChI is InChI=1S/C19H38N4S2.4H2/c1-3-11-16(4-2)22-18(24)20-14-9-6-10-15-21-19(25)23-17-12-7-5-8-13-17;;;;/h16-17H,3-15H2,1-2H3,(H2,20,22,24)(H2,21,23,25);4*1H. The molecule has 1 fully saturated rings. The highest BCUT2D eigenvalue weighted by Crippen LogP contribution is 2.17. The molecule has 1 aliphatic rings. The Morgan fingerprint density at radius 2 is 1.60 bits per heavy atom. The zero-order chi connectivity index (χ0) is 18.3. The molecule has 1 aliphatic carbocycles. The zero-order valence-corrected chi connectivity index (χ0v) is 17.8. The molecule has 0 aromatic rings. The van der Waals surface area contributed by atoms with Crippen LogP contribution in [0.4, 0.5) is 0 Å². The Kier molecular flexibility index (Phi) is 13.0. The van der Waals surface area contributed by atoms with Gasteiger partial charge in [-0.15, -0.1) is 0 Å². The molecule has 1 unspecified atom stereocenters. The van der Waals surface area contributed by atoms with Crippen molar-refractivity contribution in [3.63, 3.8) is 0 Å². The topological polar surface area (TPSA) is 48.1 Å². The normalized spacial score (nSPS) is 16.1. The lowest BCUT2D eigenvalue weighted by Crippen LogP contribution is -2.43. The van der Waals surface area contributed by atoms with Gasteiger partial charge in [-0.1, -0.05) is 39.5 Å². The van der Waals surface area contributed by atoms with Crippen LogP contribution in [0.15, 0.2) is 0 Å². The van der Waals surface area contributed by atoms with Crippen molar-refractivity contribution in [1.82, 2.24) is 21.3 Å². The summed E-state index contributed by atoms with van der Waals surface area (Å²) in [5.41, 5.74) is 0. The van der Waals surface area contributed by atoms with Gasteiger partial charge in [0, 0.05) is 30.9 Å². The van der Waals surface area contributed by atoms with Gasteiger partial charge in [0.2, 0.25) is 0 Å². The molecule has 1 atom stereocenters. The highest BCUT2D eigenvalue weighted by Gasteiger charge is 2.13. The molecule has 154 valence electrons. The van der Waals surface area contributed by atoms with Crippen LogP contribution in [-0.2, 0) is 0 Å². The molecule has 0 heterocycles. The Bertz CT molecular complexity index is 364. The van der Waals surface area contributed by atoms with Crippen LogP contribution in [-0.4, -0.2) is 35.4 Å². The molecule has 1 saturated carbocycles. The Labute approximate surface area is 171 Å². The van der Waals surface area contributed by atoms with E-state index < -0.39 is 0 Å². The summed E-state index contributed by atoms with van der Waals surface area (Å²) in [6.07, 6.45) is 13.5. The van der Waals surface area contributed by atoms with Gasteiger partial charge in [-0.25, -0.2) is 0 Å². The van der Waals surface area contributed by atoms with Crippen LogP contribution in [0.25, 0.3) is 0 Å². The van der Waals surface area contributed by atoms with Crippen molar-refractivity contribution in [2.45, 2.75) is 96.6 Å². The SMILES string of the molecule is CCCC(CC)NC(=S)NCCCCCNC(=S)NC1CCCCC1.[HH].[HH].[HH].[HH]. The van der Waals surface area contributed by atoms with Crippen molar-refractivity contribution in [1.29, 1.82) is 0 Å². The monoisotopic (exact) mass is 394 g/mol. The summed E-state index contributed by atoms with van der Waals surface area (Å²) in [4.78, 5) is 0. The fraction of sp³-hybridized carbons (Fsp3) is 0.895. The molecule has 0 aromatic carbocycles. The van der Waals surface area contributed by atoms with E-state index in [1.165, 1.54) is 51.4 Å². The number of hydrogen-bond acceptors (Lipinski definition) is 2. The molecular formula is C19H46N4S2. The molecule has 0 bridgehead atoms. The van der Waals surface area contributed by atoms with Crippen molar-refractivity contribution in [3.05, 3.63) is 0 Å². The first-order valence-electron chi connectivity index (χ1n) is 10.2. The molecule has 1 rings (SSSR count). The van der Waals surface area contributed by atoms with Gasteiger partial charge in [0.05, 0.1) is 0 Å². The van der Waals surface area contributed by atoms with Crippen LogP contribution in [0, 0.1) is 0 Å². The van der Waals surface area contributed by atoms with E-state index >= 15 is 0 Å². The van der Waals surface area contributed by atoms with Crippen LogP contribution < -0.4 is 21.3 Å². The van der Waals surface area contributed by atoms with Crippen molar-refractivity contribution >= 4 is 34.7 Å². The first-order valence-corrected chi connectivity index (χ1v) is 11.1. The van der Waals surface area contributed by atoms with Gasteiger partial charge < -0.3 is 21.3 Å². The van der Waals surface area contributed by atoms with Crippen LogP contribution in [0.2, 0.25) is 0 Å². The van der Waals surface area contributed by atoms with Crippen LogP contribution in [0.5, 0.6) is 0 Å². The second-order valence-corrected chi connectivity index (χ2v) is 7.91. The van der Waals surface area contributed by atoms with Crippen molar-refractivity contribution < 1.29 is 5.71 Å². The lowest BCUT2D eigenvalue weighted by molar-refractivity contribution is 0.412. The number of rotatable bonds is 11. The minimum absolute atomic E-state index is 0. The predicted molar refractivity (Wildman–Crippen MR) is 126 cm³/mol. The van der Waals surface area contributed by atoms with Crippen LogP contribution in [0.3, 0.4) is 0 Å². The number of thiocarbonyl (C=S) groups is 2. The zero-order valence-electron chi connectivity index (χ0n) is 16.2. The highest BCUT2D eigenvalue weighted by molar-refractivity contribution is 7.80. The third kappa shape index (κ3) is 11.6. The maximum atomic E-state index is 5.38. The minimum Gasteiger partial charge on any atom is -0.363 e. The van der Waals surface area contributed by atoms with E-state index in [4.69, 9.17) is 24.4 Å². The molecule has 0 spiro atoms. The highest BCUT2D eigenvalue weighted by atomic mass is 32.1. The molecule has 4 N–H and O–H groups in total. The Morgan fingerprint density at radius 3 is 2.20 bits per heavy atom. The second-order valence-electron chi connectivity index (χ2n) is 7.09. The molecule has 0 aromatic heterocycles. The number of unbranched alkanes of at least 4 members (excludes halogenated alkanes) is 2. The Balaban J connectivity index is -0.000000781. The molecule has 6 heteroatoms. The summed E-state index contributed by atoms with van der Waals surface area (Å²) < 4.78 is 0. The number of nitrogens with one attached hydrogen (secondary N) is 4. The van der Waals surface area contributed by atoms with Gasteiger partial charge in [0.25, 0.3) is 0 Å². The molecule has 0 amide bonds. The summed E-state index contributed by atoms with van der Waals surface area (Å²) in [7, 11) is 0. The third-order valence-corrected chi connectivity index (χ3v) is 5.35. The van der Waals surface area contributed by atoms with Gasteiger partial charge in [-0.3, -0.25) is 0 Å². The quantitative estimate of drug-likeness (QED) is 0.293. The molecular weight excluding hydrogens is 348 g/mol. The smallest absolute Gasteiger partial charge is 0.166 e. The van der Waals surface area contributed by atoms with E-state index in [0.717, 1.165) is 42.6 Å². The molecule has 0 aliphatic heterocycles. The molecule has 4 nitrogen and oxygen atoms in total. The van der Waals surface area contributed by atoms with Crippen LogP contribution in [0.1, 0.15) is 90.2 Å². The Morgan fingerprint density at radius 1 is 0.960 bits per heavy atom. The average molecular weight is 395 g/mol. The lowest BCUT2D eigenvalue weighted by Gasteiger charge is -2.24. The third-order valence-electron chi connectivity index (χ3n) is 4.83. The van der Waals surface area contributed by atoms with E-state index in [1.54, 1.807) is 0 Å². The summed E-state index contributed by atoms with van der Waals surface area (Å²) in [6, 6.07) is 1.10. The van der Waals surface area contributed by atoms with E-state index in [9.17, 15) is 0 Å². The Hall–Kier alpha value is -0.620. The van der Waals surface area contributed by atoms with Crippen LogP contribution >= 0.6 is 24.4 Å². The fourth-order valence-electron chi connectivity index (χ4n) is 3.28. The molecule has 0 radical (unpaired) electrons. The van der Waals surface area contributed by atoms with Gasteiger partial charge in [0.15, 0.2) is 10.2 Å². The maximum Gasteiger partial charge on any atom is 0.166 e. The summed E-state index contributed by atoms with van der Waals surface area (Å²) in [6.45, 7) is 6.32. The first-order chi connectivity index (χ1) is 12.2. The van der Waals surface area contributed by atoms with Crippen molar-refractivity contribution in [2.24, 2.45) is 0 Å². The summed E-state index contributed by atoms with van der Waals surface area (Å²) in [5, 5.41) is 15.2. The lowest BCUT2D eigenvalue weighted by atomic mass is 9.96. The largest absolute Gasteiger partial charge is 0.363 e. The van der Waals surface area contributed by atoms with Gasteiger partial charge >= 0.3 is 0 Å². The second kappa shape index (κ2) is 14.5.